The number of nitriles is 1. The quantitative estimate of drug-likeness (QED) is 0.471. The van der Waals surface area contributed by atoms with Gasteiger partial charge in [-0.3, -0.25) is 5.10 Å². The van der Waals surface area contributed by atoms with E-state index in [1.54, 1.807) is 11.3 Å². The summed E-state index contributed by atoms with van der Waals surface area (Å²) in [5, 5.41) is 19.1. The lowest BCUT2D eigenvalue weighted by molar-refractivity contribution is 0.306. The SMILES string of the molecule is N#CC1=C(N)Oc2n[nH]c(-c3ccc(OCc4ccccc4)cc3)c2[C@@H]1c1cccs1. The number of benzene rings is 2. The Hall–Kier alpha value is -4.02. The molecule has 0 amide bonds. The molecule has 0 aliphatic carbocycles. The van der Waals surface area contributed by atoms with Crippen molar-refractivity contribution in [1.82, 2.24) is 10.2 Å². The molecule has 152 valence electrons. The second-order valence-electron chi connectivity index (χ2n) is 7.06. The summed E-state index contributed by atoms with van der Waals surface area (Å²) in [4.78, 5) is 1.01. The van der Waals surface area contributed by atoms with Crippen molar-refractivity contribution < 1.29 is 9.47 Å². The number of rotatable bonds is 5. The summed E-state index contributed by atoms with van der Waals surface area (Å²) >= 11 is 1.57. The van der Waals surface area contributed by atoms with Crippen LogP contribution in [0.3, 0.4) is 0 Å². The van der Waals surface area contributed by atoms with E-state index in [1.165, 1.54) is 0 Å². The van der Waals surface area contributed by atoms with Gasteiger partial charge in [0.1, 0.15) is 24.0 Å². The molecule has 7 heteroatoms. The van der Waals surface area contributed by atoms with Crippen molar-refractivity contribution in [3.05, 3.63) is 99.6 Å². The van der Waals surface area contributed by atoms with E-state index in [0.29, 0.717) is 18.1 Å². The van der Waals surface area contributed by atoms with Crippen molar-refractivity contribution in [1.29, 1.82) is 5.26 Å². The van der Waals surface area contributed by atoms with Crippen LogP contribution in [-0.4, -0.2) is 10.2 Å². The summed E-state index contributed by atoms with van der Waals surface area (Å²) < 4.78 is 11.5. The molecule has 6 nitrogen and oxygen atoms in total. The molecule has 4 aromatic rings. The first kappa shape index (κ1) is 19.0. The highest BCUT2D eigenvalue weighted by Crippen LogP contribution is 2.46. The normalized spacial score (nSPS) is 15.1. The Balaban J connectivity index is 1.46. The highest BCUT2D eigenvalue weighted by molar-refractivity contribution is 7.10. The van der Waals surface area contributed by atoms with E-state index in [2.05, 4.69) is 16.3 Å². The van der Waals surface area contributed by atoms with Gasteiger partial charge in [-0.1, -0.05) is 36.4 Å². The first-order valence-electron chi connectivity index (χ1n) is 9.71. The Bertz CT molecular complexity index is 1270. The molecule has 31 heavy (non-hydrogen) atoms. The molecule has 0 unspecified atom stereocenters. The van der Waals surface area contributed by atoms with Crippen LogP contribution in [0, 0.1) is 11.3 Å². The van der Waals surface area contributed by atoms with E-state index in [-0.39, 0.29) is 11.8 Å². The first-order chi connectivity index (χ1) is 15.2. The summed E-state index contributed by atoms with van der Waals surface area (Å²) in [7, 11) is 0. The molecule has 2 aromatic heterocycles. The van der Waals surface area contributed by atoms with Crippen LogP contribution in [-0.2, 0) is 6.61 Å². The largest absolute Gasteiger partial charge is 0.489 e. The second-order valence-corrected chi connectivity index (χ2v) is 8.04. The molecule has 0 saturated heterocycles. The zero-order valence-corrected chi connectivity index (χ0v) is 17.2. The van der Waals surface area contributed by atoms with Crippen LogP contribution in [0.2, 0.25) is 0 Å². The van der Waals surface area contributed by atoms with E-state index in [0.717, 1.165) is 33.0 Å². The molecular formula is C24H18N4O2S. The van der Waals surface area contributed by atoms with E-state index < -0.39 is 0 Å². The number of allylic oxidation sites excluding steroid dienone is 1. The van der Waals surface area contributed by atoms with E-state index in [9.17, 15) is 5.26 Å². The van der Waals surface area contributed by atoms with E-state index in [4.69, 9.17) is 15.2 Å². The van der Waals surface area contributed by atoms with Gasteiger partial charge in [-0.05, 0) is 41.3 Å². The molecule has 2 aromatic carbocycles. The Morgan fingerprint density at radius 1 is 1.10 bits per heavy atom. The van der Waals surface area contributed by atoms with Gasteiger partial charge < -0.3 is 15.2 Å². The Labute approximate surface area is 183 Å². The number of ether oxygens (including phenoxy) is 2. The number of nitrogens with two attached hydrogens (primary N) is 1. The fraction of sp³-hybridized carbons (Fsp3) is 0.0833. The van der Waals surface area contributed by atoms with Crippen LogP contribution in [0.5, 0.6) is 11.6 Å². The topological polar surface area (TPSA) is 97.0 Å². The third kappa shape index (κ3) is 3.54. The monoisotopic (exact) mass is 426 g/mol. The van der Waals surface area contributed by atoms with Crippen LogP contribution >= 0.6 is 11.3 Å². The summed E-state index contributed by atoms with van der Waals surface area (Å²) in [5.74, 6) is 0.941. The first-order valence-corrected chi connectivity index (χ1v) is 10.6. The average molecular weight is 427 g/mol. The molecule has 0 fully saturated rings. The van der Waals surface area contributed by atoms with Crippen molar-refractivity contribution in [2.75, 3.05) is 0 Å². The van der Waals surface area contributed by atoms with Crippen molar-refractivity contribution in [3.63, 3.8) is 0 Å². The highest BCUT2D eigenvalue weighted by atomic mass is 32.1. The Kier molecular flexibility index (Phi) is 4.90. The minimum Gasteiger partial charge on any atom is -0.489 e. The number of aromatic nitrogens is 2. The Morgan fingerprint density at radius 3 is 2.61 bits per heavy atom. The highest BCUT2D eigenvalue weighted by Gasteiger charge is 2.36. The van der Waals surface area contributed by atoms with Gasteiger partial charge in [0.05, 0.1) is 17.2 Å². The number of H-pyrrole nitrogens is 1. The van der Waals surface area contributed by atoms with Gasteiger partial charge in [-0.25, -0.2) is 0 Å². The molecule has 0 spiro atoms. The summed E-state index contributed by atoms with van der Waals surface area (Å²) in [6.07, 6.45) is 0. The molecule has 1 aliphatic heterocycles. The van der Waals surface area contributed by atoms with Crippen molar-refractivity contribution in [2.24, 2.45) is 5.73 Å². The van der Waals surface area contributed by atoms with Crippen LogP contribution in [0.25, 0.3) is 11.3 Å². The van der Waals surface area contributed by atoms with Gasteiger partial charge >= 0.3 is 0 Å². The summed E-state index contributed by atoms with van der Waals surface area (Å²) in [5.41, 5.74) is 10.0. The number of thiophene rings is 1. The zero-order chi connectivity index (χ0) is 21.2. The average Bonchev–Trinajstić information content (AvgIpc) is 3.48. The molecular weight excluding hydrogens is 408 g/mol. The van der Waals surface area contributed by atoms with Gasteiger partial charge in [0, 0.05) is 10.4 Å². The standard InChI is InChI=1S/C24H18N4O2S/c25-13-18-20(19-7-4-12-31-19)21-22(27-28-24(21)30-23(18)26)16-8-10-17(11-9-16)29-14-15-5-2-1-3-6-15/h1-12,20H,14,26H2,(H,27,28)/t20-/m0/s1. The smallest absolute Gasteiger partial charge is 0.244 e. The van der Waals surface area contributed by atoms with Crippen molar-refractivity contribution in [3.8, 4) is 29.0 Å². The van der Waals surface area contributed by atoms with Crippen molar-refractivity contribution in [2.45, 2.75) is 12.5 Å². The maximum absolute atomic E-state index is 9.73. The number of nitrogens with zero attached hydrogens (tertiary/aromatic N) is 2. The molecule has 1 atom stereocenters. The molecule has 0 bridgehead atoms. The van der Waals surface area contributed by atoms with Gasteiger partial charge in [-0.2, -0.15) is 5.26 Å². The van der Waals surface area contributed by atoms with Gasteiger partial charge in [-0.15, -0.1) is 16.4 Å². The van der Waals surface area contributed by atoms with Gasteiger partial charge in [0.15, 0.2) is 0 Å². The second kappa shape index (κ2) is 8.01. The lowest BCUT2D eigenvalue weighted by Crippen LogP contribution is -2.20. The molecule has 0 saturated carbocycles. The number of fused-ring (bicyclic) bond motifs is 1. The van der Waals surface area contributed by atoms with E-state index >= 15 is 0 Å². The number of hydrogen-bond acceptors (Lipinski definition) is 6. The maximum atomic E-state index is 9.73. The predicted molar refractivity (Wildman–Crippen MR) is 118 cm³/mol. The number of hydrogen-bond donors (Lipinski definition) is 2. The Morgan fingerprint density at radius 2 is 1.90 bits per heavy atom. The van der Waals surface area contributed by atoms with Crippen LogP contribution < -0.4 is 15.2 Å². The van der Waals surface area contributed by atoms with Crippen LogP contribution in [0.15, 0.2) is 83.6 Å². The molecule has 3 heterocycles. The minimum absolute atomic E-state index is 0.0936. The van der Waals surface area contributed by atoms with Gasteiger partial charge in [0.2, 0.25) is 11.8 Å². The van der Waals surface area contributed by atoms with E-state index in [1.807, 2.05) is 72.1 Å². The summed E-state index contributed by atoms with van der Waals surface area (Å²) in [6.45, 7) is 0.504. The molecule has 1 aliphatic rings. The molecule has 5 rings (SSSR count). The summed E-state index contributed by atoms with van der Waals surface area (Å²) in [6, 6.07) is 24.0. The van der Waals surface area contributed by atoms with Crippen LogP contribution in [0.4, 0.5) is 0 Å². The fourth-order valence-corrected chi connectivity index (χ4v) is 4.51. The lowest BCUT2D eigenvalue weighted by Gasteiger charge is -2.22. The fourth-order valence-electron chi connectivity index (χ4n) is 3.66. The van der Waals surface area contributed by atoms with Gasteiger partial charge in [0.25, 0.3) is 0 Å². The minimum atomic E-state index is -0.323. The van der Waals surface area contributed by atoms with Crippen molar-refractivity contribution >= 4 is 11.3 Å². The molecule has 0 radical (unpaired) electrons. The maximum Gasteiger partial charge on any atom is 0.244 e. The zero-order valence-electron chi connectivity index (χ0n) is 16.4. The van der Waals surface area contributed by atoms with Crippen LogP contribution in [0.1, 0.15) is 21.9 Å². The number of aromatic amines is 1. The molecule has 3 N–H and O–H groups in total. The number of nitrogens with one attached hydrogen (secondary N) is 1. The third-order valence-electron chi connectivity index (χ3n) is 5.16. The third-order valence-corrected chi connectivity index (χ3v) is 6.10. The predicted octanol–water partition coefficient (Wildman–Crippen LogP) is 4.94. The lowest BCUT2D eigenvalue weighted by atomic mass is 9.87.